The highest BCUT2D eigenvalue weighted by atomic mass is 32.1. The molecule has 0 radical (unpaired) electrons. The van der Waals surface area contributed by atoms with Crippen molar-refractivity contribution in [1.82, 2.24) is 0 Å². The molecule has 0 aromatic carbocycles. The van der Waals surface area contributed by atoms with E-state index in [1.807, 2.05) is 11.4 Å². The summed E-state index contributed by atoms with van der Waals surface area (Å²) in [5, 5.41) is 12.4. The molecule has 1 aromatic heterocycles. The Morgan fingerprint density at radius 1 is 1.69 bits per heavy atom. The van der Waals surface area contributed by atoms with Gasteiger partial charge in [-0.3, -0.25) is 0 Å². The van der Waals surface area contributed by atoms with Crippen molar-refractivity contribution in [3.8, 4) is 0 Å². The third-order valence-electron chi connectivity index (χ3n) is 3.15. The summed E-state index contributed by atoms with van der Waals surface area (Å²) in [7, 11) is 0. The van der Waals surface area contributed by atoms with Crippen LogP contribution in [0.5, 0.6) is 0 Å². The normalized spacial score (nSPS) is 33.8. The summed E-state index contributed by atoms with van der Waals surface area (Å²) < 4.78 is 0. The van der Waals surface area contributed by atoms with Gasteiger partial charge >= 0.3 is 0 Å². The molecule has 1 N–H and O–H groups in total. The van der Waals surface area contributed by atoms with Gasteiger partial charge in [0.2, 0.25) is 0 Å². The van der Waals surface area contributed by atoms with E-state index in [4.69, 9.17) is 0 Å². The second-order valence-corrected chi connectivity index (χ2v) is 4.97. The SMILES string of the molecule is CCC1CCC(O)(c2cccs2)C1. The van der Waals surface area contributed by atoms with Crippen LogP contribution in [0.15, 0.2) is 17.5 Å². The average molecular weight is 196 g/mol. The van der Waals surface area contributed by atoms with Crippen LogP contribution in [0.2, 0.25) is 0 Å². The third-order valence-corrected chi connectivity index (χ3v) is 4.21. The zero-order valence-electron chi connectivity index (χ0n) is 7.99. The van der Waals surface area contributed by atoms with Crippen LogP contribution in [0.1, 0.15) is 37.5 Å². The number of hydrogen-bond donors (Lipinski definition) is 1. The van der Waals surface area contributed by atoms with Gasteiger partial charge in [0.25, 0.3) is 0 Å². The number of rotatable bonds is 2. The third kappa shape index (κ3) is 1.65. The highest BCUT2D eigenvalue weighted by Gasteiger charge is 2.38. The van der Waals surface area contributed by atoms with Crippen molar-refractivity contribution < 1.29 is 5.11 Å². The fourth-order valence-corrected chi connectivity index (χ4v) is 3.11. The van der Waals surface area contributed by atoms with Crippen molar-refractivity contribution in [2.45, 2.75) is 38.2 Å². The maximum absolute atomic E-state index is 10.4. The topological polar surface area (TPSA) is 20.2 Å². The van der Waals surface area contributed by atoms with Crippen LogP contribution in [-0.4, -0.2) is 5.11 Å². The second-order valence-electron chi connectivity index (χ2n) is 4.03. The molecule has 2 unspecified atom stereocenters. The first-order valence-corrected chi connectivity index (χ1v) is 5.89. The first kappa shape index (κ1) is 9.22. The molecule has 1 aromatic rings. The minimum Gasteiger partial charge on any atom is -0.384 e. The summed E-state index contributed by atoms with van der Waals surface area (Å²) in [6.07, 6.45) is 4.30. The highest BCUT2D eigenvalue weighted by Crippen LogP contribution is 2.44. The van der Waals surface area contributed by atoms with Gasteiger partial charge in [0.15, 0.2) is 0 Å². The number of hydrogen-bond acceptors (Lipinski definition) is 2. The standard InChI is InChI=1S/C11H16OS/c1-2-9-5-6-11(12,8-9)10-4-3-7-13-10/h3-4,7,9,12H,2,5-6,8H2,1H3. The van der Waals surface area contributed by atoms with E-state index in [2.05, 4.69) is 13.0 Å². The van der Waals surface area contributed by atoms with Crippen molar-refractivity contribution in [3.63, 3.8) is 0 Å². The molecular formula is C11H16OS. The van der Waals surface area contributed by atoms with Gasteiger partial charge in [-0.15, -0.1) is 11.3 Å². The molecule has 0 amide bonds. The van der Waals surface area contributed by atoms with Crippen molar-refractivity contribution in [2.75, 3.05) is 0 Å². The Hall–Kier alpha value is -0.340. The van der Waals surface area contributed by atoms with Crippen LogP contribution in [0.3, 0.4) is 0 Å². The Kier molecular flexibility index (Phi) is 2.43. The van der Waals surface area contributed by atoms with Gasteiger partial charge in [-0.1, -0.05) is 19.4 Å². The zero-order valence-corrected chi connectivity index (χ0v) is 8.81. The first-order valence-electron chi connectivity index (χ1n) is 5.01. The van der Waals surface area contributed by atoms with Gasteiger partial charge in [-0.2, -0.15) is 0 Å². The molecule has 72 valence electrons. The summed E-state index contributed by atoms with van der Waals surface area (Å²) in [6, 6.07) is 4.08. The monoisotopic (exact) mass is 196 g/mol. The maximum Gasteiger partial charge on any atom is 0.0990 e. The molecule has 1 saturated carbocycles. The summed E-state index contributed by atoms with van der Waals surface area (Å²) in [5.74, 6) is 0.729. The summed E-state index contributed by atoms with van der Waals surface area (Å²) in [4.78, 5) is 1.16. The lowest BCUT2D eigenvalue weighted by atomic mass is 9.97. The smallest absolute Gasteiger partial charge is 0.0990 e. The van der Waals surface area contributed by atoms with E-state index in [9.17, 15) is 5.11 Å². The molecule has 2 atom stereocenters. The molecule has 13 heavy (non-hydrogen) atoms. The quantitative estimate of drug-likeness (QED) is 0.770. The van der Waals surface area contributed by atoms with E-state index in [0.29, 0.717) is 0 Å². The van der Waals surface area contributed by atoms with E-state index >= 15 is 0 Å². The number of thiophene rings is 1. The van der Waals surface area contributed by atoms with E-state index in [0.717, 1.165) is 23.6 Å². The minimum atomic E-state index is -0.491. The molecule has 1 aliphatic carbocycles. The van der Waals surface area contributed by atoms with E-state index in [1.165, 1.54) is 12.8 Å². The van der Waals surface area contributed by atoms with Crippen molar-refractivity contribution in [3.05, 3.63) is 22.4 Å². The van der Waals surface area contributed by atoms with Crippen molar-refractivity contribution in [1.29, 1.82) is 0 Å². The van der Waals surface area contributed by atoms with Gasteiger partial charge in [0.1, 0.15) is 0 Å². The summed E-state index contributed by atoms with van der Waals surface area (Å²) in [6.45, 7) is 2.21. The molecule has 1 nitrogen and oxygen atoms in total. The van der Waals surface area contributed by atoms with Crippen LogP contribution in [0.4, 0.5) is 0 Å². The molecule has 1 fully saturated rings. The highest BCUT2D eigenvalue weighted by molar-refractivity contribution is 7.10. The van der Waals surface area contributed by atoms with E-state index in [1.54, 1.807) is 11.3 Å². The van der Waals surface area contributed by atoms with Gasteiger partial charge < -0.3 is 5.11 Å². The van der Waals surface area contributed by atoms with Crippen LogP contribution >= 0.6 is 11.3 Å². The predicted molar refractivity (Wildman–Crippen MR) is 55.8 cm³/mol. The Balaban J connectivity index is 2.15. The summed E-state index contributed by atoms with van der Waals surface area (Å²) >= 11 is 1.68. The Morgan fingerprint density at radius 2 is 2.54 bits per heavy atom. The molecule has 0 aliphatic heterocycles. The lowest BCUT2D eigenvalue weighted by Crippen LogP contribution is -2.19. The van der Waals surface area contributed by atoms with E-state index < -0.39 is 5.60 Å². The second kappa shape index (κ2) is 3.43. The minimum absolute atomic E-state index is 0.491. The predicted octanol–water partition coefficient (Wildman–Crippen LogP) is 3.15. The largest absolute Gasteiger partial charge is 0.384 e. The van der Waals surface area contributed by atoms with Gasteiger partial charge in [-0.05, 0) is 36.6 Å². The summed E-state index contributed by atoms with van der Waals surface area (Å²) in [5.41, 5.74) is -0.491. The molecule has 2 heteroatoms. The van der Waals surface area contributed by atoms with Crippen LogP contribution in [0.25, 0.3) is 0 Å². The Labute approximate surface area is 83.4 Å². The van der Waals surface area contributed by atoms with Gasteiger partial charge in [0.05, 0.1) is 5.60 Å². The van der Waals surface area contributed by atoms with Crippen molar-refractivity contribution >= 4 is 11.3 Å². The average Bonchev–Trinajstić information content (AvgIpc) is 2.72. The Bertz CT molecular complexity index is 268. The number of aliphatic hydroxyl groups is 1. The fraction of sp³-hybridized carbons (Fsp3) is 0.636. The molecule has 1 aliphatic rings. The molecule has 0 spiro atoms. The van der Waals surface area contributed by atoms with Crippen LogP contribution in [-0.2, 0) is 5.60 Å². The van der Waals surface area contributed by atoms with E-state index in [-0.39, 0.29) is 0 Å². The van der Waals surface area contributed by atoms with Gasteiger partial charge in [0, 0.05) is 4.88 Å². The van der Waals surface area contributed by atoms with Gasteiger partial charge in [-0.25, -0.2) is 0 Å². The fourth-order valence-electron chi connectivity index (χ4n) is 2.24. The molecule has 2 rings (SSSR count). The molecule has 0 saturated heterocycles. The first-order chi connectivity index (χ1) is 6.24. The van der Waals surface area contributed by atoms with Crippen LogP contribution < -0.4 is 0 Å². The molecular weight excluding hydrogens is 180 g/mol. The lowest BCUT2D eigenvalue weighted by molar-refractivity contribution is 0.0436. The Morgan fingerprint density at radius 3 is 3.08 bits per heavy atom. The zero-order chi connectivity index (χ0) is 9.31. The lowest BCUT2D eigenvalue weighted by Gasteiger charge is -2.20. The molecule has 0 bridgehead atoms. The van der Waals surface area contributed by atoms with Crippen molar-refractivity contribution in [2.24, 2.45) is 5.92 Å². The van der Waals surface area contributed by atoms with Crippen LogP contribution in [0, 0.1) is 5.92 Å². The molecule has 1 heterocycles. The maximum atomic E-state index is 10.4.